The molecule has 0 unspecified atom stereocenters. The Morgan fingerprint density at radius 1 is 1.04 bits per heavy atom. The Morgan fingerprint density at radius 3 is 2.43 bits per heavy atom. The van der Waals surface area contributed by atoms with Crippen LogP contribution in [0.25, 0.3) is 0 Å². The Labute approximate surface area is 168 Å². The van der Waals surface area contributed by atoms with Crippen LogP contribution in [0.3, 0.4) is 0 Å². The van der Waals surface area contributed by atoms with Gasteiger partial charge in [-0.1, -0.05) is 41.9 Å². The van der Waals surface area contributed by atoms with Crippen molar-refractivity contribution in [2.75, 3.05) is 13.1 Å². The number of imide groups is 1. The summed E-state index contributed by atoms with van der Waals surface area (Å²) in [7, 11) is 0. The number of benzene rings is 2. The number of rotatable bonds is 3. The van der Waals surface area contributed by atoms with E-state index >= 15 is 0 Å². The molecule has 0 atom stereocenters. The Balaban J connectivity index is 1.44. The molecule has 2 saturated heterocycles. The molecular formula is C21H20ClN3O3. The molecule has 2 aromatic rings. The van der Waals surface area contributed by atoms with Gasteiger partial charge in [-0.25, -0.2) is 4.79 Å². The van der Waals surface area contributed by atoms with E-state index in [1.165, 1.54) is 4.90 Å². The molecule has 2 fully saturated rings. The fourth-order valence-corrected chi connectivity index (χ4v) is 4.04. The second-order valence-electron chi connectivity index (χ2n) is 7.19. The molecule has 0 saturated carbocycles. The highest BCUT2D eigenvalue weighted by atomic mass is 35.5. The lowest BCUT2D eigenvalue weighted by Crippen LogP contribution is -2.55. The van der Waals surface area contributed by atoms with Crippen LogP contribution >= 0.6 is 11.6 Å². The van der Waals surface area contributed by atoms with Crippen LogP contribution in [0.2, 0.25) is 5.02 Å². The van der Waals surface area contributed by atoms with Gasteiger partial charge in [0.1, 0.15) is 5.54 Å². The van der Waals surface area contributed by atoms with E-state index in [1.807, 2.05) is 24.3 Å². The van der Waals surface area contributed by atoms with Crippen LogP contribution in [0.15, 0.2) is 54.6 Å². The standard InChI is InChI=1S/C21H20ClN3O3/c22-17-8-4-5-15(13-17)14-25-19(27)21(23-20(25)28)9-11-24(12-10-21)18(26)16-6-2-1-3-7-16/h1-8,13H,9-12,14H2,(H,23,28). The number of nitrogens with one attached hydrogen (secondary N) is 1. The number of hydrogen-bond donors (Lipinski definition) is 1. The molecule has 4 amide bonds. The molecule has 7 heteroatoms. The van der Waals surface area contributed by atoms with Gasteiger partial charge in [0.2, 0.25) is 0 Å². The van der Waals surface area contributed by atoms with Crippen LogP contribution < -0.4 is 5.32 Å². The van der Waals surface area contributed by atoms with Crippen molar-refractivity contribution in [3.63, 3.8) is 0 Å². The molecule has 28 heavy (non-hydrogen) atoms. The number of likely N-dealkylation sites (tertiary alicyclic amines) is 1. The number of hydrogen-bond acceptors (Lipinski definition) is 3. The number of piperidine rings is 1. The lowest BCUT2D eigenvalue weighted by atomic mass is 9.87. The van der Waals surface area contributed by atoms with Crippen LogP contribution in [0.1, 0.15) is 28.8 Å². The molecule has 0 radical (unpaired) electrons. The van der Waals surface area contributed by atoms with Gasteiger partial charge in [-0.05, 0) is 42.7 Å². The maximum Gasteiger partial charge on any atom is 0.325 e. The van der Waals surface area contributed by atoms with Crippen LogP contribution in [0.4, 0.5) is 4.79 Å². The number of urea groups is 1. The second-order valence-corrected chi connectivity index (χ2v) is 7.63. The first-order valence-corrected chi connectivity index (χ1v) is 9.59. The number of carbonyl (C=O) groups excluding carboxylic acids is 3. The quantitative estimate of drug-likeness (QED) is 0.809. The zero-order valence-electron chi connectivity index (χ0n) is 15.2. The van der Waals surface area contributed by atoms with Crippen LogP contribution in [-0.4, -0.2) is 46.3 Å². The highest BCUT2D eigenvalue weighted by Gasteiger charge is 2.52. The smallest absolute Gasteiger partial charge is 0.325 e. The van der Waals surface area contributed by atoms with Crippen molar-refractivity contribution >= 4 is 29.4 Å². The molecule has 2 aromatic carbocycles. The van der Waals surface area contributed by atoms with Crippen LogP contribution in [-0.2, 0) is 11.3 Å². The lowest BCUT2D eigenvalue weighted by Gasteiger charge is -2.37. The third kappa shape index (κ3) is 3.36. The largest absolute Gasteiger partial charge is 0.338 e. The van der Waals surface area contributed by atoms with Gasteiger partial charge in [0.15, 0.2) is 0 Å². The first kappa shape index (κ1) is 18.5. The van der Waals surface area contributed by atoms with E-state index in [9.17, 15) is 14.4 Å². The van der Waals surface area contributed by atoms with Gasteiger partial charge in [0, 0.05) is 23.7 Å². The summed E-state index contributed by atoms with van der Waals surface area (Å²) in [5, 5.41) is 3.43. The third-order valence-corrected chi connectivity index (χ3v) is 5.64. The van der Waals surface area contributed by atoms with Crippen molar-refractivity contribution in [1.82, 2.24) is 15.1 Å². The predicted molar refractivity (Wildman–Crippen MR) is 105 cm³/mol. The molecule has 2 aliphatic rings. The van der Waals surface area contributed by atoms with Gasteiger partial charge in [-0.3, -0.25) is 14.5 Å². The van der Waals surface area contributed by atoms with Gasteiger partial charge < -0.3 is 10.2 Å². The summed E-state index contributed by atoms with van der Waals surface area (Å²) in [6.45, 7) is 1.02. The normalized spacial score (nSPS) is 18.5. The van der Waals surface area contributed by atoms with Gasteiger partial charge in [0.25, 0.3) is 11.8 Å². The van der Waals surface area contributed by atoms with Crippen molar-refractivity contribution in [2.45, 2.75) is 24.9 Å². The summed E-state index contributed by atoms with van der Waals surface area (Å²) in [6, 6.07) is 15.8. The third-order valence-electron chi connectivity index (χ3n) is 5.40. The number of carbonyl (C=O) groups is 3. The van der Waals surface area contributed by atoms with E-state index < -0.39 is 11.6 Å². The van der Waals surface area contributed by atoms with E-state index in [0.29, 0.717) is 36.5 Å². The zero-order chi connectivity index (χ0) is 19.7. The molecule has 4 rings (SSSR count). The Kier molecular flexibility index (Phi) is 4.81. The minimum Gasteiger partial charge on any atom is -0.338 e. The van der Waals surface area contributed by atoms with Gasteiger partial charge >= 0.3 is 6.03 Å². The topological polar surface area (TPSA) is 69.7 Å². The molecule has 2 aliphatic heterocycles. The van der Waals surface area contributed by atoms with Gasteiger partial charge in [-0.15, -0.1) is 0 Å². The monoisotopic (exact) mass is 397 g/mol. The van der Waals surface area contributed by atoms with Crippen molar-refractivity contribution in [3.8, 4) is 0 Å². The maximum absolute atomic E-state index is 13.0. The summed E-state index contributed by atoms with van der Waals surface area (Å²) in [4.78, 5) is 41.1. The highest BCUT2D eigenvalue weighted by Crippen LogP contribution is 2.31. The van der Waals surface area contributed by atoms with E-state index in [4.69, 9.17) is 11.6 Å². The first-order valence-electron chi connectivity index (χ1n) is 9.21. The number of amides is 4. The van der Waals surface area contributed by atoms with Crippen molar-refractivity contribution < 1.29 is 14.4 Å². The molecule has 6 nitrogen and oxygen atoms in total. The van der Waals surface area contributed by atoms with E-state index in [1.54, 1.807) is 35.2 Å². The summed E-state index contributed by atoms with van der Waals surface area (Å²) in [6.07, 6.45) is 0.810. The minimum absolute atomic E-state index is 0.0528. The molecule has 0 aromatic heterocycles. The van der Waals surface area contributed by atoms with Crippen LogP contribution in [0.5, 0.6) is 0 Å². The molecule has 0 aliphatic carbocycles. The van der Waals surface area contributed by atoms with E-state index in [2.05, 4.69) is 5.32 Å². The summed E-state index contributed by atoms with van der Waals surface area (Å²) in [5.41, 5.74) is 0.496. The average Bonchev–Trinajstić information content (AvgIpc) is 2.93. The summed E-state index contributed by atoms with van der Waals surface area (Å²) in [5.74, 6) is -0.285. The Hall–Kier alpha value is -2.86. The average molecular weight is 398 g/mol. The first-order chi connectivity index (χ1) is 13.5. The van der Waals surface area contributed by atoms with Crippen LogP contribution in [0, 0.1) is 0 Å². The fourth-order valence-electron chi connectivity index (χ4n) is 3.83. The number of nitrogens with zero attached hydrogens (tertiary/aromatic N) is 2. The zero-order valence-corrected chi connectivity index (χ0v) is 16.0. The highest BCUT2D eigenvalue weighted by molar-refractivity contribution is 6.30. The van der Waals surface area contributed by atoms with E-state index in [0.717, 1.165) is 5.56 Å². The lowest BCUT2D eigenvalue weighted by molar-refractivity contribution is -0.133. The van der Waals surface area contributed by atoms with Gasteiger partial charge in [0.05, 0.1) is 6.54 Å². The summed E-state index contributed by atoms with van der Waals surface area (Å²) >= 11 is 6.00. The SMILES string of the molecule is O=C(c1ccccc1)N1CCC2(CC1)NC(=O)N(Cc1cccc(Cl)c1)C2=O. The second kappa shape index (κ2) is 7.28. The van der Waals surface area contributed by atoms with E-state index in [-0.39, 0.29) is 18.4 Å². The van der Waals surface area contributed by atoms with Gasteiger partial charge in [-0.2, -0.15) is 0 Å². The fraction of sp³-hybridized carbons (Fsp3) is 0.286. The molecule has 1 spiro atoms. The molecule has 1 N–H and O–H groups in total. The summed E-state index contributed by atoms with van der Waals surface area (Å²) < 4.78 is 0. The van der Waals surface area contributed by atoms with Crippen molar-refractivity contribution in [3.05, 3.63) is 70.7 Å². The Bertz CT molecular complexity index is 924. The Morgan fingerprint density at radius 2 is 1.75 bits per heavy atom. The predicted octanol–water partition coefficient (Wildman–Crippen LogP) is 3.07. The van der Waals surface area contributed by atoms with Crippen molar-refractivity contribution in [1.29, 1.82) is 0 Å². The maximum atomic E-state index is 13.0. The molecule has 2 heterocycles. The van der Waals surface area contributed by atoms with Crippen molar-refractivity contribution in [2.24, 2.45) is 0 Å². The minimum atomic E-state index is -0.927. The molecular weight excluding hydrogens is 378 g/mol. The molecule has 0 bridgehead atoms. The number of halogens is 1. The molecule has 144 valence electrons.